The van der Waals surface area contributed by atoms with Gasteiger partial charge in [-0.3, -0.25) is 9.59 Å². The summed E-state index contributed by atoms with van der Waals surface area (Å²) >= 11 is 0. The van der Waals surface area contributed by atoms with Crippen LogP contribution in [0.25, 0.3) is 0 Å². The van der Waals surface area contributed by atoms with E-state index in [1.165, 1.54) is 21.1 Å². The molecule has 0 aromatic heterocycles. The highest BCUT2D eigenvalue weighted by Crippen LogP contribution is 2.32. The topological polar surface area (TPSA) is 72.8 Å². The van der Waals surface area contributed by atoms with Crippen molar-refractivity contribution in [1.29, 1.82) is 0 Å². The van der Waals surface area contributed by atoms with E-state index < -0.39 is 17.8 Å². The fourth-order valence-corrected chi connectivity index (χ4v) is 1.93. The number of hydrogen-bond acceptors (Lipinski definition) is 4. The van der Waals surface area contributed by atoms with Gasteiger partial charge >= 0.3 is 5.97 Å². The van der Waals surface area contributed by atoms with Crippen molar-refractivity contribution >= 4 is 11.8 Å². The third kappa shape index (κ3) is 3.10. The van der Waals surface area contributed by atoms with Crippen LogP contribution >= 0.6 is 0 Å². The van der Waals surface area contributed by atoms with Crippen molar-refractivity contribution in [3.05, 3.63) is 23.3 Å². The SMILES string of the molecule is COc1cc(C)c(C(=O)C(C)C(C)C(=O)O)cc1OC. The van der Waals surface area contributed by atoms with E-state index in [1.54, 1.807) is 26.0 Å². The predicted octanol–water partition coefficient (Wildman–Crippen LogP) is 2.55. The number of aryl methyl sites for hydroxylation is 1. The van der Waals surface area contributed by atoms with Crippen LogP contribution in [0.2, 0.25) is 0 Å². The Balaban J connectivity index is 3.19. The second kappa shape index (κ2) is 6.41. The number of carboxylic acid groups (broad SMARTS) is 1. The molecule has 0 aliphatic heterocycles. The third-order valence-corrected chi connectivity index (χ3v) is 3.55. The fourth-order valence-electron chi connectivity index (χ4n) is 1.93. The molecule has 0 aliphatic rings. The number of carbonyl (C=O) groups is 2. The zero-order valence-corrected chi connectivity index (χ0v) is 12.4. The molecule has 5 nitrogen and oxygen atoms in total. The molecule has 0 amide bonds. The molecule has 110 valence electrons. The lowest BCUT2D eigenvalue weighted by atomic mass is 9.87. The highest BCUT2D eigenvalue weighted by atomic mass is 16.5. The number of ketones is 1. The summed E-state index contributed by atoms with van der Waals surface area (Å²) < 4.78 is 10.3. The molecule has 0 bridgehead atoms. The van der Waals surface area contributed by atoms with E-state index >= 15 is 0 Å². The average molecular weight is 280 g/mol. The number of carbonyl (C=O) groups excluding carboxylic acids is 1. The molecule has 0 saturated carbocycles. The molecule has 1 aromatic carbocycles. The lowest BCUT2D eigenvalue weighted by Gasteiger charge is -2.17. The van der Waals surface area contributed by atoms with Crippen molar-refractivity contribution < 1.29 is 24.2 Å². The Morgan fingerprint density at radius 1 is 1.05 bits per heavy atom. The maximum atomic E-state index is 12.4. The van der Waals surface area contributed by atoms with Crippen LogP contribution in [0.1, 0.15) is 29.8 Å². The van der Waals surface area contributed by atoms with Gasteiger partial charge in [0.05, 0.1) is 20.1 Å². The first-order valence-corrected chi connectivity index (χ1v) is 6.33. The molecule has 2 atom stereocenters. The first kappa shape index (κ1) is 16.0. The summed E-state index contributed by atoms with van der Waals surface area (Å²) in [7, 11) is 3.01. The second-order valence-corrected chi connectivity index (χ2v) is 4.80. The second-order valence-electron chi connectivity index (χ2n) is 4.80. The summed E-state index contributed by atoms with van der Waals surface area (Å²) in [5.41, 5.74) is 1.19. The van der Waals surface area contributed by atoms with E-state index in [0.29, 0.717) is 17.1 Å². The summed E-state index contributed by atoms with van der Waals surface area (Å²) in [6, 6.07) is 3.31. The zero-order valence-electron chi connectivity index (χ0n) is 12.4. The number of ether oxygens (including phenoxy) is 2. The molecule has 0 aliphatic carbocycles. The Kier molecular flexibility index (Phi) is 5.13. The summed E-state index contributed by atoms with van der Waals surface area (Å²) in [5.74, 6) is -1.54. The molecule has 0 fully saturated rings. The number of Topliss-reactive ketones (excluding diaryl/α,β-unsaturated/α-hetero) is 1. The van der Waals surface area contributed by atoms with Crippen molar-refractivity contribution in [3.8, 4) is 11.5 Å². The molecule has 0 radical (unpaired) electrons. The molecule has 20 heavy (non-hydrogen) atoms. The van der Waals surface area contributed by atoms with Gasteiger partial charge in [-0.25, -0.2) is 0 Å². The zero-order chi connectivity index (χ0) is 15.4. The number of methoxy groups -OCH3 is 2. The maximum Gasteiger partial charge on any atom is 0.306 e. The van der Waals surface area contributed by atoms with Gasteiger partial charge < -0.3 is 14.6 Å². The molecule has 0 spiro atoms. The van der Waals surface area contributed by atoms with Gasteiger partial charge in [-0.05, 0) is 24.6 Å². The van der Waals surface area contributed by atoms with Crippen LogP contribution in [0.15, 0.2) is 12.1 Å². The van der Waals surface area contributed by atoms with Crippen molar-refractivity contribution in [2.45, 2.75) is 20.8 Å². The Morgan fingerprint density at radius 3 is 2.00 bits per heavy atom. The predicted molar refractivity (Wildman–Crippen MR) is 74.6 cm³/mol. The van der Waals surface area contributed by atoms with Gasteiger partial charge in [0.1, 0.15) is 0 Å². The average Bonchev–Trinajstić information content (AvgIpc) is 2.44. The molecule has 5 heteroatoms. The highest BCUT2D eigenvalue weighted by molar-refractivity contribution is 6.01. The number of hydrogen-bond donors (Lipinski definition) is 1. The first-order valence-electron chi connectivity index (χ1n) is 6.33. The van der Waals surface area contributed by atoms with Crippen molar-refractivity contribution in [2.24, 2.45) is 11.8 Å². The summed E-state index contributed by atoms with van der Waals surface area (Å²) in [6.45, 7) is 4.94. The first-order chi connectivity index (χ1) is 9.33. The minimum Gasteiger partial charge on any atom is -0.493 e. The van der Waals surface area contributed by atoms with Crippen LogP contribution in [-0.4, -0.2) is 31.1 Å². The largest absolute Gasteiger partial charge is 0.493 e. The van der Waals surface area contributed by atoms with E-state index in [2.05, 4.69) is 0 Å². The van der Waals surface area contributed by atoms with Crippen LogP contribution in [0.5, 0.6) is 11.5 Å². The number of aliphatic carboxylic acids is 1. The Labute approximate surface area is 118 Å². The minimum atomic E-state index is -0.982. The summed E-state index contributed by atoms with van der Waals surface area (Å²) in [5, 5.41) is 9.00. The van der Waals surface area contributed by atoms with E-state index in [4.69, 9.17) is 14.6 Å². The quantitative estimate of drug-likeness (QED) is 0.811. The van der Waals surface area contributed by atoms with Crippen LogP contribution < -0.4 is 9.47 Å². The molecular formula is C15H20O5. The molecule has 1 N–H and O–H groups in total. The standard InChI is InChI=1S/C15H20O5/c1-8-6-12(19-4)13(20-5)7-11(8)14(16)9(2)10(3)15(17)18/h6-7,9-10H,1-5H3,(H,17,18). The number of benzene rings is 1. The number of rotatable bonds is 6. The van der Waals surface area contributed by atoms with Crippen molar-refractivity contribution in [2.75, 3.05) is 14.2 Å². The lowest BCUT2D eigenvalue weighted by Crippen LogP contribution is -2.26. The minimum absolute atomic E-state index is 0.210. The van der Waals surface area contributed by atoms with Crippen LogP contribution in [0, 0.1) is 18.8 Å². The summed E-state index contributed by atoms with van der Waals surface area (Å²) in [4.78, 5) is 23.4. The third-order valence-electron chi connectivity index (χ3n) is 3.55. The van der Waals surface area contributed by atoms with Gasteiger partial charge in [-0.1, -0.05) is 13.8 Å². The van der Waals surface area contributed by atoms with Crippen LogP contribution in [-0.2, 0) is 4.79 Å². The molecule has 0 heterocycles. The lowest BCUT2D eigenvalue weighted by molar-refractivity contribution is -0.142. The van der Waals surface area contributed by atoms with Gasteiger partial charge in [0.25, 0.3) is 0 Å². The molecule has 1 aromatic rings. The summed E-state index contributed by atoms with van der Waals surface area (Å²) in [6.07, 6.45) is 0. The van der Waals surface area contributed by atoms with Gasteiger partial charge in [0, 0.05) is 11.5 Å². The van der Waals surface area contributed by atoms with E-state index in [1.807, 2.05) is 0 Å². The van der Waals surface area contributed by atoms with Crippen molar-refractivity contribution in [3.63, 3.8) is 0 Å². The Bertz CT molecular complexity index is 521. The molecular weight excluding hydrogens is 260 g/mol. The van der Waals surface area contributed by atoms with Crippen molar-refractivity contribution in [1.82, 2.24) is 0 Å². The molecule has 2 unspecified atom stereocenters. The normalized spacial score (nSPS) is 13.4. The fraction of sp³-hybridized carbons (Fsp3) is 0.467. The maximum absolute atomic E-state index is 12.4. The Hall–Kier alpha value is -2.04. The van der Waals surface area contributed by atoms with Crippen LogP contribution in [0.4, 0.5) is 0 Å². The molecule has 1 rings (SSSR count). The highest BCUT2D eigenvalue weighted by Gasteiger charge is 2.28. The molecule has 0 saturated heterocycles. The van der Waals surface area contributed by atoms with Gasteiger partial charge in [0.2, 0.25) is 0 Å². The van der Waals surface area contributed by atoms with E-state index in [9.17, 15) is 9.59 Å². The van der Waals surface area contributed by atoms with Gasteiger partial charge in [-0.2, -0.15) is 0 Å². The number of carboxylic acids is 1. The van der Waals surface area contributed by atoms with E-state index in [-0.39, 0.29) is 5.78 Å². The van der Waals surface area contributed by atoms with Gasteiger partial charge in [-0.15, -0.1) is 0 Å². The van der Waals surface area contributed by atoms with E-state index in [0.717, 1.165) is 5.56 Å². The smallest absolute Gasteiger partial charge is 0.306 e. The van der Waals surface area contributed by atoms with Crippen LogP contribution in [0.3, 0.4) is 0 Å². The monoisotopic (exact) mass is 280 g/mol. The van der Waals surface area contributed by atoms with Gasteiger partial charge in [0.15, 0.2) is 17.3 Å². The Morgan fingerprint density at radius 2 is 1.55 bits per heavy atom.